The second-order valence-electron chi connectivity index (χ2n) is 7.03. The van der Waals surface area contributed by atoms with Crippen LogP contribution in [0.2, 0.25) is 0 Å². The number of amides is 2. The topological polar surface area (TPSA) is 65.5 Å². The van der Waals surface area contributed by atoms with Crippen LogP contribution < -0.4 is 5.32 Å². The van der Waals surface area contributed by atoms with Gasteiger partial charge in [-0.1, -0.05) is 30.3 Å². The number of nitrogens with zero attached hydrogens (tertiary/aromatic N) is 3. The van der Waals surface area contributed by atoms with E-state index in [-0.39, 0.29) is 23.9 Å². The fourth-order valence-corrected chi connectivity index (χ4v) is 3.33. The minimum absolute atomic E-state index is 0.0268. The van der Waals surface area contributed by atoms with Crippen molar-refractivity contribution in [2.75, 3.05) is 25.5 Å². The normalized spacial score (nSPS) is 17.4. The van der Waals surface area contributed by atoms with Crippen LogP contribution in [0.1, 0.15) is 42.2 Å². The Hall–Kier alpha value is -2.89. The Labute approximate surface area is 160 Å². The summed E-state index contributed by atoms with van der Waals surface area (Å²) in [6.07, 6.45) is 2.42. The van der Waals surface area contributed by atoms with Crippen LogP contribution in [0.15, 0.2) is 48.7 Å². The number of nitrogens with one attached hydrogen (secondary N) is 1. The average molecular weight is 366 g/mol. The van der Waals surface area contributed by atoms with Gasteiger partial charge in [0.2, 0.25) is 5.91 Å². The summed E-state index contributed by atoms with van der Waals surface area (Å²) in [5.74, 6) is 0.724. The molecular weight excluding hydrogens is 340 g/mol. The van der Waals surface area contributed by atoms with Crippen molar-refractivity contribution in [3.05, 3.63) is 59.8 Å². The smallest absolute Gasteiger partial charge is 0.255 e. The molecule has 0 unspecified atom stereocenters. The first-order valence-electron chi connectivity index (χ1n) is 9.26. The SMILES string of the molecule is CC(=O)N(C)[C@H]1CCN(C(=O)c2ccc(N[C@@H](C)c3ccccc3)nc2)C1. The summed E-state index contributed by atoms with van der Waals surface area (Å²) in [6, 6.07) is 14.0. The van der Waals surface area contributed by atoms with Crippen molar-refractivity contribution in [2.45, 2.75) is 32.4 Å². The van der Waals surface area contributed by atoms with Crippen molar-refractivity contribution in [1.29, 1.82) is 0 Å². The molecule has 27 heavy (non-hydrogen) atoms. The second kappa shape index (κ2) is 8.20. The van der Waals surface area contributed by atoms with Gasteiger partial charge in [-0.25, -0.2) is 4.98 Å². The molecule has 0 radical (unpaired) electrons. The van der Waals surface area contributed by atoms with Crippen LogP contribution in [0.3, 0.4) is 0 Å². The second-order valence-corrected chi connectivity index (χ2v) is 7.03. The van der Waals surface area contributed by atoms with Crippen molar-refractivity contribution >= 4 is 17.6 Å². The lowest BCUT2D eigenvalue weighted by molar-refractivity contribution is -0.129. The molecule has 1 N–H and O–H groups in total. The van der Waals surface area contributed by atoms with Crippen molar-refractivity contribution in [3.63, 3.8) is 0 Å². The molecule has 1 aliphatic heterocycles. The van der Waals surface area contributed by atoms with Gasteiger partial charge in [0.15, 0.2) is 0 Å². The zero-order chi connectivity index (χ0) is 19.4. The van der Waals surface area contributed by atoms with E-state index in [0.29, 0.717) is 18.7 Å². The number of hydrogen-bond donors (Lipinski definition) is 1. The molecular formula is C21H26N4O2. The van der Waals surface area contributed by atoms with E-state index in [4.69, 9.17) is 0 Å². The molecule has 2 atom stereocenters. The Balaban J connectivity index is 1.60. The van der Waals surface area contributed by atoms with E-state index < -0.39 is 0 Å². The largest absolute Gasteiger partial charge is 0.364 e. The van der Waals surface area contributed by atoms with Crippen LogP contribution in [0.5, 0.6) is 0 Å². The third-order valence-electron chi connectivity index (χ3n) is 5.17. The minimum Gasteiger partial charge on any atom is -0.364 e. The van der Waals surface area contributed by atoms with Gasteiger partial charge in [0, 0.05) is 39.3 Å². The molecule has 6 nitrogen and oxygen atoms in total. The predicted octanol–water partition coefficient (Wildman–Crippen LogP) is 2.95. The molecule has 142 valence electrons. The maximum absolute atomic E-state index is 12.7. The quantitative estimate of drug-likeness (QED) is 0.884. The fourth-order valence-electron chi connectivity index (χ4n) is 3.33. The molecule has 0 bridgehead atoms. The van der Waals surface area contributed by atoms with Crippen molar-refractivity contribution < 1.29 is 9.59 Å². The van der Waals surface area contributed by atoms with E-state index in [1.807, 2.05) is 24.3 Å². The number of pyridine rings is 1. The van der Waals surface area contributed by atoms with E-state index in [0.717, 1.165) is 12.2 Å². The summed E-state index contributed by atoms with van der Waals surface area (Å²) in [7, 11) is 1.79. The zero-order valence-corrected chi connectivity index (χ0v) is 16.1. The molecule has 2 heterocycles. The van der Waals surface area contributed by atoms with E-state index in [1.165, 1.54) is 5.56 Å². The fraction of sp³-hybridized carbons (Fsp3) is 0.381. The highest BCUT2D eigenvalue weighted by Crippen LogP contribution is 2.20. The summed E-state index contributed by atoms with van der Waals surface area (Å²) in [5, 5.41) is 3.35. The van der Waals surface area contributed by atoms with E-state index in [9.17, 15) is 9.59 Å². The summed E-state index contributed by atoms with van der Waals surface area (Å²) < 4.78 is 0. The number of carbonyl (C=O) groups is 2. The first-order chi connectivity index (χ1) is 13.0. The lowest BCUT2D eigenvalue weighted by Gasteiger charge is -2.23. The first kappa shape index (κ1) is 18.9. The first-order valence-corrected chi connectivity index (χ1v) is 9.26. The predicted molar refractivity (Wildman–Crippen MR) is 105 cm³/mol. The third-order valence-corrected chi connectivity index (χ3v) is 5.17. The Morgan fingerprint density at radius 3 is 2.59 bits per heavy atom. The molecule has 6 heteroatoms. The number of benzene rings is 1. The van der Waals surface area contributed by atoms with Gasteiger partial charge in [-0.15, -0.1) is 0 Å². The summed E-state index contributed by atoms with van der Waals surface area (Å²) in [5.41, 5.74) is 1.75. The average Bonchev–Trinajstić information content (AvgIpc) is 3.18. The van der Waals surface area contributed by atoms with Crippen molar-refractivity contribution in [1.82, 2.24) is 14.8 Å². The number of rotatable bonds is 5. The molecule has 0 aliphatic carbocycles. The van der Waals surface area contributed by atoms with Gasteiger partial charge >= 0.3 is 0 Å². The van der Waals surface area contributed by atoms with Gasteiger partial charge in [0.05, 0.1) is 11.6 Å². The molecule has 2 amide bonds. The molecule has 0 spiro atoms. The Morgan fingerprint density at radius 2 is 1.96 bits per heavy atom. The molecule has 1 saturated heterocycles. The lowest BCUT2D eigenvalue weighted by atomic mass is 10.1. The molecule has 1 aromatic carbocycles. The Kier molecular flexibility index (Phi) is 5.74. The van der Waals surface area contributed by atoms with Crippen LogP contribution in [0, 0.1) is 0 Å². The van der Waals surface area contributed by atoms with Crippen LogP contribution in [0.4, 0.5) is 5.82 Å². The number of likely N-dealkylation sites (N-methyl/N-ethyl adjacent to an activating group) is 1. The molecule has 3 rings (SSSR count). The number of anilines is 1. The minimum atomic E-state index is -0.0374. The zero-order valence-electron chi connectivity index (χ0n) is 16.1. The molecule has 0 saturated carbocycles. The maximum Gasteiger partial charge on any atom is 0.255 e. The molecule has 1 fully saturated rings. The monoisotopic (exact) mass is 366 g/mol. The van der Waals surface area contributed by atoms with Crippen molar-refractivity contribution in [2.24, 2.45) is 0 Å². The molecule has 1 aromatic heterocycles. The van der Waals surface area contributed by atoms with Crippen LogP contribution in [0.25, 0.3) is 0 Å². The highest BCUT2D eigenvalue weighted by Gasteiger charge is 2.30. The number of likely N-dealkylation sites (tertiary alicyclic amines) is 1. The van der Waals surface area contributed by atoms with Crippen LogP contribution in [-0.2, 0) is 4.79 Å². The summed E-state index contributed by atoms with van der Waals surface area (Å²) in [4.78, 5) is 32.1. The Morgan fingerprint density at radius 1 is 1.22 bits per heavy atom. The van der Waals surface area contributed by atoms with Crippen LogP contribution in [-0.4, -0.2) is 52.8 Å². The number of carbonyl (C=O) groups excluding carboxylic acids is 2. The van der Waals surface area contributed by atoms with Crippen molar-refractivity contribution in [3.8, 4) is 0 Å². The molecule has 2 aromatic rings. The summed E-state index contributed by atoms with van der Waals surface area (Å²) >= 11 is 0. The maximum atomic E-state index is 12.7. The van der Waals surface area contributed by atoms with Gasteiger partial charge in [0.1, 0.15) is 5.82 Å². The standard InChI is InChI=1S/C21H26N4O2/c1-15(17-7-5-4-6-8-17)23-20-10-9-18(13-22-20)21(27)25-12-11-19(14-25)24(3)16(2)26/h4-10,13,15,19H,11-12,14H2,1-3H3,(H,22,23)/t15-,19-/m0/s1. The van der Waals surface area contributed by atoms with Gasteiger partial charge in [-0.3, -0.25) is 9.59 Å². The van der Waals surface area contributed by atoms with Gasteiger partial charge < -0.3 is 15.1 Å². The lowest BCUT2D eigenvalue weighted by Crippen LogP contribution is -2.38. The van der Waals surface area contributed by atoms with E-state index in [2.05, 4.69) is 29.4 Å². The summed E-state index contributed by atoms with van der Waals surface area (Å²) in [6.45, 7) is 4.86. The van der Waals surface area contributed by atoms with E-state index >= 15 is 0 Å². The highest BCUT2D eigenvalue weighted by molar-refractivity contribution is 5.94. The highest BCUT2D eigenvalue weighted by atomic mass is 16.2. The molecule has 1 aliphatic rings. The van der Waals surface area contributed by atoms with Gasteiger partial charge in [0.25, 0.3) is 5.91 Å². The Bertz CT molecular complexity index is 792. The number of hydrogen-bond acceptors (Lipinski definition) is 4. The van der Waals surface area contributed by atoms with Gasteiger partial charge in [-0.2, -0.15) is 0 Å². The van der Waals surface area contributed by atoms with Crippen LogP contribution >= 0.6 is 0 Å². The third kappa shape index (κ3) is 4.45. The van der Waals surface area contributed by atoms with E-state index in [1.54, 1.807) is 36.0 Å². The van der Waals surface area contributed by atoms with Gasteiger partial charge in [-0.05, 0) is 31.0 Å². The number of aromatic nitrogens is 1.